The first-order valence-electron chi connectivity index (χ1n) is 16.7. The summed E-state index contributed by atoms with van der Waals surface area (Å²) in [6, 6.07) is 40.4. The van der Waals surface area contributed by atoms with Crippen LogP contribution in [-0.2, 0) is 0 Å². The van der Waals surface area contributed by atoms with Gasteiger partial charge in [0.2, 0.25) is 0 Å². The summed E-state index contributed by atoms with van der Waals surface area (Å²) in [5.41, 5.74) is 9.51. The number of hydrogen-bond acceptors (Lipinski definition) is 8. The van der Waals surface area contributed by atoms with Crippen LogP contribution in [0.2, 0.25) is 0 Å². The van der Waals surface area contributed by atoms with Crippen LogP contribution in [-0.4, -0.2) is 56.4 Å². The van der Waals surface area contributed by atoms with E-state index in [0.717, 1.165) is 28.3 Å². The highest BCUT2D eigenvalue weighted by Crippen LogP contribution is 2.52. The Labute approximate surface area is 307 Å². The smallest absolute Gasteiger partial charge is 0.138 e. The van der Waals surface area contributed by atoms with Gasteiger partial charge in [0.15, 0.2) is 0 Å². The topological polar surface area (TPSA) is 108 Å². The van der Waals surface area contributed by atoms with E-state index in [-0.39, 0.29) is 11.1 Å². The molecule has 0 unspecified atom stereocenters. The van der Waals surface area contributed by atoms with Gasteiger partial charge in [-0.3, -0.25) is 0 Å². The van der Waals surface area contributed by atoms with E-state index in [9.17, 15) is 21.0 Å². The predicted molar refractivity (Wildman–Crippen MR) is 213 cm³/mol. The summed E-state index contributed by atoms with van der Waals surface area (Å²) < 4.78 is 0. The Balaban J connectivity index is 2.03. The van der Waals surface area contributed by atoms with Crippen molar-refractivity contribution in [3.05, 3.63) is 142 Å². The monoisotopic (exact) mass is 680 g/mol. The minimum absolute atomic E-state index is 0.112. The maximum atomic E-state index is 11.2. The molecule has 0 aliphatic heterocycles. The van der Waals surface area contributed by atoms with Crippen molar-refractivity contribution in [2.24, 2.45) is 0 Å². The van der Waals surface area contributed by atoms with E-state index in [1.807, 2.05) is 173 Å². The third-order valence-electron chi connectivity index (χ3n) is 9.14. The molecule has 4 aromatic rings. The molecule has 1 aliphatic carbocycles. The summed E-state index contributed by atoms with van der Waals surface area (Å²) in [4.78, 5) is 7.94. The second-order valence-corrected chi connectivity index (χ2v) is 13.2. The lowest BCUT2D eigenvalue weighted by Gasteiger charge is -2.22. The van der Waals surface area contributed by atoms with Crippen LogP contribution < -0.4 is 19.6 Å². The van der Waals surface area contributed by atoms with Crippen molar-refractivity contribution in [1.82, 2.24) is 0 Å². The molecule has 8 nitrogen and oxygen atoms in total. The number of benzene rings is 4. The summed E-state index contributed by atoms with van der Waals surface area (Å²) in [5.74, 6) is 0. The molecule has 0 spiro atoms. The molecular formula is C44H40N8. The maximum absolute atomic E-state index is 11.2. The van der Waals surface area contributed by atoms with Crippen molar-refractivity contribution in [2.75, 3.05) is 76.0 Å². The van der Waals surface area contributed by atoms with Gasteiger partial charge in [-0.25, -0.2) is 0 Å². The highest BCUT2D eigenvalue weighted by atomic mass is 15.1. The molecule has 4 aromatic carbocycles. The number of allylic oxidation sites excluding steroid dienone is 8. The van der Waals surface area contributed by atoms with Gasteiger partial charge >= 0.3 is 0 Å². The zero-order valence-corrected chi connectivity index (χ0v) is 30.8. The van der Waals surface area contributed by atoms with Crippen molar-refractivity contribution in [3.8, 4) is 24.3 Å². The van der Waals surface area contributed by atoms with Crippen molar-refractivity contribution in [1.29, 1.82) is 21.0 Å². The minimum Gasteiger partial charge on any atom is -0.378 e. The van der Waals surface area contributed by atoms with E-state index in [4.69, 9.17) is 0 Å². The molecule has 5 rings (SSSR count). The SMILES string of the molecule is CN(C)c1ccc(C2=C(C#N)/C(=C(/C(=C(C#N)C#N)c3ccc(N(C)C)cc3)c3ccc(N(C)C)cc3)C(c3ccc(N(C)C)cc3)=C2C#N)cc1. The van der Waals surface area contributed by atoms with E-state index in [2.05, 4.69) is 24.3 Å². The average Bonchev–Trinajstić information content (AvgIpc) is 3.48. The Morgan fingerprint density at radius 2 is 0.769 bits per heavy atom. The van der Waals surface area contributed by atoms with E-state index in [1.165, 1.54) is 0 Å². The summed E-state index contributed by atoms with van der Waals surface area (Å²) in [7, 11) is 15.6. The zero-order valence-electron chi connectivity index (χ0n) is 30.8. The fraction of sp³-hybridized carbons (Fsp3) is 0.182. The summed E-state index contributed by atoms with van der Waals surface area (Å²) in [5, 5.41) is 43.2. The Kier molecular flexibility index (Phi) is 10.7. The molecule has 0 radical (unpaired) electrons. The minimum atomic E-state index is -0.112. The molecule has 0 saturated heterocycles. The van der Waals surface area contributed by atoms with Crippen LogP contribution in [0.3, 0.4) is 0 Å². The van der Waals surface area contributed by atoms with Gasteiger partial charge in [-0.1, -0.05) is 48.5 Å². The van der Waals surface area contributed by atoms with E-state index in [1.54, 1.807) is 0 Å². The van der Waals surface area contributed by atoms with Crippen LogP contribution in [0.15, 0.2) is 119 Å². The molecule has 0 aromatic heterocycles. The molecule has 1 aliphatic rings. The van der Waals surface area contributed by atoms with Crippen molar-refractivity contribution in [3.63, 3.8) is 0 Å². The van der Waals surface area contributed by atoms with Gasteiger partial charge in [-0.2, -0.15) is 21.0 Å². The summed E-state index contributed by atoms with van der Waals surface area (Å²) in [6.45, 7) is 0. The second kappa shape index (κ2) is 15.3. The number of nitriles is 4. The van der Waals surface area contributed by atoms with Crippen LogP contribution in [0, 0.1) is 45.3 Å². The first-order valence-corrected chi connectivity index (χ1v) is 16.7. The molecule has 52 heavy (non-hydrogen) atoms. The number of rotatable bonds is 9. The van der Waals surface area contributed by atoms with Gasteiger partial charge in [-0.15, -0.1) is 0 Å². The largest absolute Gasteiger partial charge is 0.378 e. The van der Waals surface area contributed by atoms with Gasteiger partial charge in [0.1, 0.15) is 29.8 Å². The third kappa shape index (κ3) is 6.88. The van der Waals surface area contributed by atoms with E-state index < -0.39 is 0 Å². The maximum Gasteiger partial charge on any atom is 0.138 e. The lowest BCUT2D eigenvalue weighted by atomic mass is 9.81. The molecule has 0 amide bonds. The lowest BCUT2D eigenvalue weighted by Crippen LogP contribution is -2.09. The van der Waals surface area contributed by atoms with Gasteiger partial charge in [0, 0.05) is 107 Å². The van der Waals surface area contributed by atoms with E-state index in [0.29, 0.717) is 50.1 Å². The highest BCUT2D eigenvalue weighted by molar-refractivity contribution is 6.21. The van der Waals surface area contributed by atoms with Gasteiger partial charge in [0.25, 0.3) is 0 Å². The number of anilines is 4. The molecule has 8 heteroatoms. The van der Waals surface area contributed by atoms with Gasteiger partial charge in [0.05, 0.1) is 11.1 Å². The summed E-state index contributed by atoms with van der Waals surface area (Å²) >= 11 is 0. The van der Waals surface area contributed by atoms with E-state index >= 15 is 0 Å². The number of hydrogen-bond donors (Lipinski definition) is 0. The summed E-state index contributed by atoms with van der Waals surface area (Å²) in [6.07, 6.45) is 0. The third-order valence-corrected chi connectivity index (χ3v) is 9.14. The number of nitrogens with zero attached hydrogens (tertiary/aromatic N) is 8. The van der Waals surface area contributed by atoms with Gasteiger partial charge in [-0.05, 0) is 70.8 Å². The zero-order chi connectivity index (χ0) is 37.7. The molecule has 0 heterocycles. The first-order chi connectivity index (χ1) is 24.9. The molecular weight excluding hydrogens is 641 g/mol. The standard InChI is InChI=1S/C44H40N8/c1-49(2)34-17-9-29(10-18-34)40(33(25-45)26-46)43(32-15-23-37(24-16-32)52(7)8)44-39(28-48)41(30-11-19-35(20-12-30)50(3)4)38(27-47)42(44)31-13-21-36(22-14-31)51(5)6/h9-24H,1-8H3/b44-43-. The quantitative estimate of drug-likeness (QED) is 0.163. The lowest BCUT2D eigenvalue weighted by molar-refractivity contribution is 1.13. The molecule has 0 saturated carbocycles. The van der Waals surface area contributed by atoms with Crippen molar-refractivity contribution in [2.45, 2.75) is 0 Å². The van der Waals surface area contributed by atoms with Crippen LogP contribution in [0.4, 0.5) is 22.7 Å². The van der Waals surface area contributed by atoms with Crippen LogP contribution in [0.25, 0.3) is 22.3 Å². The molecule has 0 fully saturated rings. The van der Waals surface area contributed by atoms with Crippen LogP contribution in [0.1, 0.15) is 22.3 Å². The average molecular weight is 681 g/mol. The molecule has 0 bridgehead atoms. The molecule has 0 atom stereocenters. The fourth-order valence-corrected chi connectivity index (χ4v) is 6.35. The second-order valence-electron chi connectivity index (χ2n) is 13.2. The Hall–Kier alpha value is -7.00. The van der Waals surface area contributed by atoms with Crippen LogP contribution >= 0.6 is 0 Å². The first kappa shape index (κ1) is 36.3. The Morgan fingerprint density at radius 1 is 0.423 bits per heavy atom. The van der Waals surface area contributed by atoms with Gasteiger partial charge < -0.3 is 19.6 Å². The van der Waals surface area contributed by atoms with Crippen molar-refractivity contribution >= 4 is 45.0 Å². The molecule has 0 N–H and O–H groups in total. The highest BCUT2D eigenvalue weighted by Gasteiger charge is 2.36. The van der Waals surface area contributed by atoms with Crippen molar-refractivity contribution < 1.29 is 0 Å². The van der Waals surface area contributed by atoms with Crippen LogP contribution in [0.5, 0.6) is 0 Å². The Morgan fingerprint density at radius 3 is 1.12 bits per heavy atom. The Bertz CT molecular complexity index is 2270. The predicted octanol–water partition coefficient (Wildman–Crippen LogP) is 8.17. The fourth-order valence-electron chi connectivity index (χ4n) is 6.35. The normalized spacial score (nSPS) is 13.0. The molecule has 256 valence electrons.